The van der Waals surface area contributed by atoms with Crippen LogP contribution < -0.4 is 15.8 Å². The number of fused-ring (bicyclic) bond motifs is 1. The number of imidazole rings is 1. The van der Waals surface area contributed by atoms with Crippen molar-refractivity contribution in [3.05, 3.63) is 59.9 Å². The molecule has 0 aliphatic carbocycles. The van der Waals surface area contributed by atoms with Gasteiger partial charge in [0.1, 0.15) is 0 Å². The summed E-state index contributed by atoms with van der Waals surface area (Å²) in [6.45, 7) is 7.32. The number of carbonyl (C=O) groups is 1. The van der Waals surface area contributed by atoms with Crippen LogP contribution in [0, 0.1) is 0 Å². The summed E-state index contributed by atoms with van der Waals surface area (Å²) in [6.07, 6.45) is 4.00. The maximum absolute atomic E-state index is 12.1. The lowest BCUT2D eigenvalue weighted by Gasteiger charge is -2.29. The van der Waals surface area contributed by atoms with Gasteiger partial charge in [0.2, 0.25) is 5.91 Å². The molecule has 0 atom stereocenters. The number of rotatable bonds is 6. The molecule has 1 fully saturated rings. The Morgan fingerprint density at radius 2 is 2.00 bits per heavy atom. The Hall–Kier alpha value is -2.84. The molecule has 7 nitrogen and oxygen atoms in total. The highest BCUT2D eigenvalue weighted by Gasteiger charge is 2.12. The van der Waals surface area contributed by atoms with Gasteiger partial charge in [-0.15, -0.1) is 11.3 Å². The first-order chi connectivity index (χ1) is 13.2. The van der Waals surface area contributed by atoms with Gasteiger partial charge in [0.15, 0.2) is 4.96 Å². The van der Waals surface area contributed by atoms with Gasteiger partial charge in [-0.05, 0) is 17.7 Å². The number of ether oxygens (including phenoxy) is 1. The predicted octanol–water partition coefficient (Wildman–Crippen LogP) is 2.07. The minimum Gasteiger partial charge on any atom is -0.378 e. The molecule has 1 aliphatic rings. The van der Waals surface area contributed by atoms with Gasteiger partial charge in [-0.1, -0.05) is 18.7 Å². The summed E-state index contributed by atoms with van der Waals surface area (Å²) in [5.41, 5.74) is 9.04. The first-order valence-corrected chi connectivity index (χ1v) is 9.65. The number of thiazole rings is 1. The van der Waals surface area contributed by atoms with E-state index in [0.717, 1.165) is 42.5 Å². The highest BCUT2D eigenvalue weighted by Crippen LogP contribution is 2.19. The van der Waals surface area contributed by atoms with Crippen LogP contribution in [-0.2, 0) is 16.0 Å². The Morgan fingerprint density at radius 1 is 1.22 bits per heavy atom. The van der Waals surface area contributed by atoms with Crippen molar-refractivity contribution >= 4 is 33.6 Å². The van der Waals surface area contributed by atoms with Crippen molar-refractivity contribution in [2.75, 3.05) is 31.2 Å². The van der Waals surface area contributed by atoms with Crippen LogP contribution in [0.4, 0.5) is 5.69 Å². The van der Waals surface area contributed by atoms with E-state index in [0.29, 0.717) is 5.70 Å². The van der Waals surface area contributed by atoms with Crippen molar-refractivity contribution in [3.63, 3.8) is 0 Å². The number of anilines is 1. The Bertz CT molecular complexity index is 912. The fourth-order valence-electron chi connectivity index (χ4n) is 2.98. The summed E-state index contributed by atoms with van der Waals surface area (Å²) in [4.78, 5) is 19.7. The van der Waals surface area contributed by atoms with Crippen molar-refractivity contribution in [3.8, 4) is 0 Å². The average Bonchev–Trinajstić information content (AvgIpc) is 3.28. The van der Waals surface area contributed by atoms with Gasteiger partial charge in [0.05, 0.1) is 31.0 Å². The maximum Gasteiger partial charge on any atom is 0.244 e. The molecule has 2 N–H and O–H groups in total. The molecule has 0 radical (unpaired) electrons. The first-order valence-electron chi connectivity index (χ1n) is 8.77. The highest BCUT2D eigenvalue weighted by atomic mass is 32.1. The molecule has 0 spiro atoms. The third-order valence-electron chi connectivity index (χ3n) is 4.43. The van der Waals surface area contributed by atoms with E-state index in [9.17, 15) is 4.79 Å². The topological polar surface area (TPSA) is 70.9 Å². The number of carbonyl (C=O) groups excluding carboxylic acids is 1. The third kappa shape index (κ3) is 4.12. The molecule has 1 saturated heterocycles. The monoisotopic (exact) mass is 383 g/mol. The van der Waals surface area contributed by atoms with Gasteiger partial charge in [-0.2, -0.15) is 0 Å². The summed E-state index contributed by atoms with van der Waals surface area (Å²) >= 11 is 1.54. The zero-order valence-corrected chi connectivity index (χ0v) is 15.7. The molecule has 3 aromatic rings. The molecule has 0 bridgehead atoms. The van der Waals surface area contributed by atoms with Gasteiger partial charge in [0.25, 0.3) is 0 Å². The Balaban J connectivity index is 1.29. The minimum atomic E-state index is -0.160. The summed E-state index contributed by atoms with van der Waals surface area (Å²) in [6, 6.07) is 8.12. The number of amides is 1. The van der Waals surface area contributed by atoms with Crippen LogP contribution in [0.3, 0.4) is 0 Å². The number of morpholine rings is 1. The van der Waals surface area contributed by atoms with Crippen molar-refractivity contribution in [2.24, 2.45) is 0 Å². The lowest BCUT2D eigenvalue weighted by Crippen LogP contribution is -2.37. The average molecular weight is 383 g/mol. The first kappa shape index (κ1) is 17.6. The third-order valence-corrected chi connectivity index (χ3v) is 5.20. The van der Waals surface area contributed by atoms with Crippen LogP contribution in [-0.4, -0.2) is 41.6 Å². The minimum absolute atomic E-state index is 0.160. The Morgan fingerprint density at radius 3 is 2.74 bits per heavy atom. The van der Waals surface area contributed by atoms with Gasteiger partial charge >= 0.3 is 0 Å². The van der Waals surface area contributed by atoms with Crippen LogP contribution in [0.2, 0.25) is 0 Å². The number of hydrogen-bond acceptors (Lipinski definition) is 6. The fourth-order valence-corrected chi connectivity index (χ4v) is 3.70. The smallest absolute Gasteiger partial charge is 0.244 e. The SMILES string of the molecule is C=C(NNC(=O)Cc1cn2ccsc2n1)c1ccc(N2CCOCC2)cc1. The predicted molar refractivity (Wildman–Crippen MR) is 107 cm³/mol. The van der Waals surface area contributed by atoms with E-state index >= 15 is 0 Å². The van der Waals surface area contributed by atoms with E-state index in [1.807, 2.05) is 34.3 Å². The van der Waals surface area contributed by atoms with Gasteiger partial charge < -0.3 is 9.64 Å². The van der Waals surface area contributed by atoms with E-state index in [2.05, 4.69) is 39.4 Å². The number of hydrazine groups is 1. The fraction of sp³-hybridized carbons (Fsp3) is 0.263. The molecule has 4 rings (SSSR count). The lowest BCUT2D eigenvalue weighted by molar-refractivity contribution is -0.121. The van der Waals surface area contributed by atoms with E-state index < -0.39 is 0 Å². The molecule has 27 heavy (non-hydrogen) atoms. The number of benzene rings is 1. The number of aromatic nitrogens is 2. The van der Waals surface area contributed by atoms with Crippen LogP contribution in [0.25, 0.3) is 10.7 Å². The quantitative estimate of drug-likeness (QED) is 0.638. The van der Waals surface area contributed by atoms with E-state index in [1.54, 1.807) is 11.3 Å². The summed E-state index contributed by atoms with van der Waals surface area (Å²) in [5, 5.41) is 1.96. The van der Waals surface area contributed by atoms with Crippen molar-refractivity contribution in [2.45, 2.75) is 6.42 Å². The molecule has 0 unspecified atom stereocenters. The van der Waals surface area contributed by atoms with E-state index in [1.165, 1.54) is 5.69 Å². The Labute approximate surface area is 161 Å². The van der Waals surface area contributed by atoms with Crippen LogP contribution >= 0.6 is 11.3 Å². The molecule has 0 saturated carbocycles. The molecule has 1 aromatic carbocycles. The van der Waals surface area contributed by atoms with E-state index in [4.69, 9.17) is 4.74 Å². The van der Waals surface area contributed by atoms with Crippen molar-refractivity contribution in [1.29, 1.82) is 0 Å². The van der Waals surface area contributed by atoms with Crippen LogP contribution in [0.1, 0.15) is 11.3 Å². The molecular formula is C19H21N5O2S. The Kier molecular flexibility index (Phi) is 5.08. The van der Waals surface area contributed by atoms with Crippen LogP contribution in [0.15, 0.2) is 48.6 Å². The second-order valence-corrected chi connectivity index (χ2v) is 7.17. The lowest BCUT2D eigenvalue weighted by atomic mass is 10.1. The second kappa shape index (κ2) is 7.81. The molecule has 2 aromatic heterocycles. The standard InChI is InChI=1S/C19H21N5O2S/c1-14(15-2-4-17(5-3-15)23-6-9-26-10-7-23)21-22-18(25)12-16-13-24-8-11-27-19(24)20-16/h2-5,8,11,13,21H,1,6-7,9-10,12H2,(H,22,25). The van der Waals surface area contributed by atoms with Crippen molar-refractivity contribution < 1.29 is 9.53 Å². The summed E-state index contributed by atoms with van der Waals surface area (Å²) in [7, 11) is 0. The molecule has 8 heteroatoms. The number of nitrogens with zero attached hydrogens (tertiary/aromatic N) is 3. The zero-order chi connectivity index (χ0) is 18.6. The largest absolute Gasteiger partial charge is 0.378 e. The maximum atomic E-state index is 12.1. The summed E-state index contributed by atoms with van der Waals surface area (Å²) < 4.78 is 7.29. The zero-order valence-electron chi connectivity index (χ0n) is 14.9. The highest BCUT2D eigenvalue weighted by molar-refractivity contribution is 7.15. The molecule has 1 amide bonds. The van der Waals surface area contributed by atoms with Gasteiger partial charge in [-0.25, -0.2) is 4.98 Å². The van der Waals surface area contributed by atoms with Crippen molar-refractivity contribution in [1.82, 2.24) is 20.2 Å². The second-order valence-electron chi connectivity index (χ2n) is 6.30. The normalized spacial score (nSPS) is 14.3. The number of nitrogens with one attached hydrogen (secondary N) is 2. The van der Waals surface area contributed by atoms with Gasteiger partial charge in [-0.3, -0.25) is 20.0 Å². The summed E-state index contributed by atoms with van der Waals surface area (Å²) in [5.74, 6) is -0.160. The number of hydrogen-bond donors (Lipinski definition) is 2. The molecule has 3 heterocycles. The van der Waals surface area contributed by atoms with Gasteiger partial charge in [0, 0.05) is 36.6 Å². The molecule has 140 valence electrons. The molecule has 1 aliphatic heterocycles. The molecular weight excluding hydrogens is 362 g/mol. The van der Waals surface area contributed by atoms with Crippen LogP contribution in [0.5, 0.6) is 0 Å². The van der Waals surface area contributed by atoms with E-state index in [-0.39, 0.29) is 12.3 Å².